The molecule has 0 aromatic carbocycles. The summed E-state index contributed by atoms with van der Waals surface area (Å²) in [4.78, 5) is 2.57. The molecule has 0 aromatic rings. The van der Waals surface area contributed by atoms with Crippen LogP contribution in [0.15, 0.2) is 0 Å². The van der Waals surface area contributed by atoms with Crippen LogP contribution >= 0.6 is 0 Å². The second kappa shape index (κ2) is 5.84. The standard InChI is InChI=1S/C14H25N3/c1-13(11-17-9-3-2-4-10-17)16-12-14(5-6-14)7-8-15/h13,16H,2-7,9-12H2,1H3. The maximum atomic E-state index is 8.78. The smallest absolute Gasteiger partial charge is 0.0628 e. The number of piperidine rings is 1. The van der Waals surface area contributed by atoms with E-state index in [1.807, 2.05) is 0 Å². The maximum Gasteiger partial charge on any atom is 0.0628 e. The topological polar surface area (TPSA) is 39.1 Å². The predicted molar refractivity (Wildman–Crippen MR) is 69.7 cm³/mol. The lowest BCUT2D eigenvalue weighted by Crippen LogP contribution is -2.43. The lowest BCUT2D eigenvalue weighted by atomic mass is 10.0. The van der Waals surface area contributed by atoms with Crippen molar-refractivity contribution in [2.24, 2.45) is 5.41 Å². The molecule has 1 aliphatic carbocycles. The van der Waals surface area contributed by atoms with E-state index in [1.54, 1.807) is 0 Å². The number of nitriles is 1. The molecule has 1 unspecified atom stereocenters. The summed E-state index contributed by atoms with van der Waals surface area (Å²) < 4.78 is 0. The molecule has 0 bridgehead atoms. The molecular formula is C14H25N3. The highest BCUT2D eigenvalue weighted by Crippen LogP contribution is 2.47. The van der Waals surface area contributed by atoms with Crippen LogP contribution in [0.2, 0.25) is 0 Å². The van der Waals surface area contributed by atoms with E-state index in [4.69, 9.17) is 5.26 Å². The van der Waals surface area contributed by atoms with Gasteiger partial charge in [-0.15, -0.1) is 0 Å². The van der Waals surface area contributed by atoms with Crippen molar-refractivity contribution in [3.8, 4) is 6.07 Å². The van der Waals surface area contributed by atoms with Crippen LogP contribution in [0.4, 0.5) is 0 Å². The second-order valence-electron chi connectivity index (χ2n) is 5.98. The van der Waals surface area contributed by atoms with Gasteiger partial charge in [-0.3, -0.25) is 0 Å². The zero-order chi connectivity index (χ0) is 12.1. The lowest BCUT2D eigenvalue weighted by molar-refractivity contribution is 0.206. The monoisotopic (exact) mass is 235 g/mol. The van der Waals surface area contributed by atoms with Crippen molar-refractivity contribution in [1.82, 2.24) is 10.2 Å². The normalized spacial score (nSPS) is 25.2. The van der Waals surface area contributed by atoms with Gasteiger partial charge in [-0.2, -0.15) is 5.26 Å². The number of hydrogen-bond donors (Lipinski definition) is 1. The SMILES string of the molecule is CC(CN1CCCCC1)NCC1(CC#N)CC1. The first-order valence-corrected chi connectivity index (χ1v) is 7.07. The molecule has 1 saturated heterocycles. The fourth-order valence-corrected chi connectivity index (χ4v) is 2.75. The molecule has 1 atom stereocenters. The van der Waals surface area contributed by atoms with Crippen LogP contribution in [0.3, 0.4) is 0 Å². The number of likely N-dealkylation sites (tertiary alicyclic amines) is 1. The molecular weight excluding hydrogens is 210 g/mol. The fourth-order valence-electron chi connectivity index (χ4n) is 2.75. The maximum absolute atomic E-state index is 8.78. The van der Waals surface area contributed by atoms with Crippen LogP contribution in [0.25, 0.3) is 0 Å². The second-order valence-corrected chi connectivity index (χ2v) is 5.98. The Labute approximate surface area is 105 Å². The molecule has 1 saturated carbocycles. The molecule has 0 aromatic heterocycles. The van der Waals surface area contributed by atoms with Gasteiger partial charge >= 0.3 is 0 Å². The molecule has 0 spiro atoms. The summed E-state index contributed by atoms with van der Waals surface area (Å²) in [5.74, 6) is 0. The van der Waals surface area contributed by atoms with Crippen molar-refractivity contribution >= 4 is 0 Å². The zero-order valence-electron chi connectivity index (χ0n) is 11.0. The predicted octanol–water partition coefficient (Wildman–Crippen LogP) is 2.14. The molecule has 2 fully saturated rings. The van der Waals surface area contributed by atoms with E-state index in [9.17, 15) is 0 Å². The van der Waals surface area contributed by atoms with E-state index in [2.05, 4.69) is 23.2 Å². The van der Waals surface area contributed by atoms with Gasteiger partial charge in [0.15, 0.2) is 0 Å². The first-order valence-electron chi connectivity index (χ1n) is 7.07. The Hall–Kier alpha value is -0.590. The fraction of sp³-hybridized carbons (Fsp3) is 0.929. The lowest BCUT2D eigenvalue weighted by Gasteiger charge is -2.30. The molecule has 0 amide bonds. The van der Waals surface area contributed by atoms with Crippen molar-refractivity contribution in [2.75, 3.05) is 26.2 Å². The first-order chi connectivity index (χ1) is 8.24. The molecule has 2 rings (SSSR count). The minimum atomic E-state index is 0.338. The number of rotatable bonds is 6. The minimum absolute atomic E-state index is 0.338. The summed E-state index contributed by atoms with van der Waals surface area (Å²) in [6.07, 6.45) is 7.35. The highest BCUT2D eigenvalue weighted by molar-refractivity contribution is 5.01. The van der Waals surface area contributed by atoms with Gasteiger partial charge in [0.1, 0.15) is 0 Å². The molecule has 0 radical (unpaired) electrons. The van der Waals surface area contributed by atoms with E-state index in [-0.39, 0.29) is 0 Å². The summed E-state index contributed by atoms with van der Waals surface area (Å²) >= 11 is 0. The third kappa shape index (κ3) is 3.97. The van der Waals surface area contributed by atoms with Crippen molar-refractivity contribution in [1.29, 1.82) is 5.26 Å². The molecule has 3 nitrogen and oxygen atoms in total. The van der Waals surface area contributed by atoms with Crippen molar-refractivity contribution in [2.45, 2.75) is 51.5 Å². The Balaban J connectivity index is 1.63. The van der Waals surface area contributed by atoms with E-state index >= 15 is 0 Å². The summed E-state index contributed by atoms with van der Waals surface area (Å²) in [7, 11) is 0. The van der Waals surface area contributed by atoms with Gasteiger partial charge in [-0.05, 0) is 51.1 Å². The molecule has 2 aliphatic rings. The van der Waals surface area contributed by atoms with E-state index in [1.165, 1.54) is 51.7 Å². The number of hydrogen-bond acceptors (Lipinski definition) is 3. The van der Waals surface area contributed by atoms with Crippen LogP contribution in [0, 0.1) is 16.7 Å². The molecule has 1 aliphatic heterocycles. The largest absolute Gasteiger partial charge is 0.312 e. The van der Waals surface area contributed by atoms with Gasteiger partial charge in [0.05, 0.1) is 6.07 Å². The van der Waals surface area contributed by atoms with E-state index in [0.717, 1.165) is 13.0 Å². The minimum Gasteiger partial charge on any atom is -0.312 e. The summed E-state index contributed by atoms with van der Waals surface area (Å²) in [5, 5.41) is 12.4. The molecule has 1 N–H and O–H groups in total. The summed E-state index contributed by atoms with van der Waals surface area (Å²) in [6.45, 7) is 7.03. The Morgan fingerprint density at radius 2 is 2.00 bits per heavy atom. The Bertz CT molecular complexity index is 272. The van der Waals surface area contributed by atoms with Crippen LogP contribution in [-0.2, 0) is 0 Å². The third-order valence-electron chi connectivity index (χ3n) is 4.22. The van der Waals surface area contributed by atoms with Crippen LogP contribution < -0.4 is 5.32 Å². The van der Waals surface area contributed by atoms with Gasteiger partial charge in [0.2, 0.25) is 0 Å². The number of nitrogens with zero attached hydrogens (tertiary/aromatic N) is 2. The van der Waals surface area contributed by atoms with Crippen LogP contribution in [0.5, 0.6) is 0 Å². The van der Waals surface area contributed by atoms with Crippen LogP contribution in [0.1, 0.15) is 45.4 Å². The average molecular weight is 235 g/mol. The number of nitrogens with one attached hydrogen (secondary N) is 1. The van der Waals surface area contributed by atoms with Gasteiger partial charge in [-0.1, -0.05) is 6.42 Å². The van der Waals surface area contributed by atoms with E-state index in [0.29, 0.717) is 11.5 Å². The van der Waals surface area contributed by atoms with Gasteiger partial charge in [-0.25, -0.2) is 0 Å². The van der Waals surface area contributed by atoms with Crippen molar-refractivity contribution in [3.05, 3.63) is 0 Å². The molecule has 3 heteroatoms. The van der Waals surface area contributed by atoms with E-state index < -0.39 is 0 Å². The summed E-state index contributed by atoms with van der Waals surface area (Å²) in [6, 6.07) is 2.88. The summed E-state index contributed by atoms with van der Waals surface area (Å²) in [5.41, 5.74) is 0.338. The Kier molecular flexibility index (Phi) is 4.42. The average Bonchev–Trinajstić information content (AvgIpc) is 3.09. The highest BCUT2D eigenvalue weighted by atomic mass is 15.1. The molecule has 96 valence electrons. The van der Waals surface area contributed by atoms with Crippen molar-refractivity contribution < 1.29 is 0 Å². The third-order valence-corrected chi connectivity index (χ3v) is 4.22. The first kappa shape index (κ1) is 12.9. The Morgan fingerprint density at radius 1 is 1.29 bits per heavy atom. The Morgan fingerprint density at radius 3 is 2.59 bits per heavy atom. The van der Waals surface area contributed by atoms with Crippen molar-refractivity contribution in [3.63, 3.8) is 0 Å². The highest BCUT2D eigenvalue weighted by Gasteiger charge is 2.42. The van der Waals surface area contributed by atoms with Gasteiger partial charge < -0.3 is 10.2 Å². The molecule has 17 heavy (non-hydrogen) atoms. The van der Waals surface area contributed by atoms with Crippen LogP contribution in [-0.4, -0.2) is 37.1 Å². The van der Waals surface area contributed by atoms with Gasteiger partial charge in [0, 0.05) is 25.6 Å². The molecule has 1 heterocycles. The zero-order valence-corrected chi connectivity index (χ0v) is 11.0. The van der Waals surface area contributed by atoms with Gasteiger partial charge in [0.25, 0.3) is 0 Å². The quantitative estimate of drug-likeness (QED) is 0.766.